The van der Waals surface area contributed by atoms with Crippen molar-refractivity contribution in [1.82, 2.24) is 15.3 Å². The van der Waals surface area contributed by atoms with Gasteiger partial charge in [-0.25, -0.2) is 19.6 Å². The molecule has 0 aliphatic heterocycles. The number of carboxylic acids is 1. The SMILES string of the molecule is CC(C)(C)OC(=O)NC(Cc1ccncn1)C(=O)O. The number of alkyl carbamates (subject to hydrolysis) is 1. The van der Waals surface area contributed by atoms with Gasteiger partial charge in [-0.3, -0.25) is 0 Å². The molecule has 0 aromatic carbocycles. The van der Waals surface area contributed by atoms with E-state index in [4.69, 9.17) is 9.84 Å². The molecule has 1 heterocycles. The Morgan fingerprint density at radius 3 is 2.63 bits per heavy atom. The summed E-state index contributed by atoms with van der Waals surface area (Å²) in [7, 11) is 0. The monoisotopic (exact) mass is 267 g/mol. The number of carboxylic acid groups (broad SMARTS) is 1. The first-order valence-electron chi connectivity index (χ1n) is 5.75. The summed E-state index contributed by atoms with van der Waals surface area (Å²) in [6.45, 7) is 5.10. The number of nitrogens with zero attached hydrogens (tertiary/aromatic N) is 2. The molecule has 0 saturated heterocycles. The molecule has 0 aliphatic carbocycles. The maximum absolute atomic E-state index is 11.5. The molecule has 1 atom stereocenters. The number of ether oxygens (including phenoxy) is 1. The second-order valence-corrected chi connectivity index (χ2v) is 4.94. The van der Waals surface area contributed by atoms with Crippen molar-refractivity contribution >= 4 is 12.1 Å². The van der Waals surface area contributed by atoms with E-state index < -0.39 is 23.7 Å². The van der Waals surface area contributed by atoms with Gasteiger partial charge in [-0.1, -0.05) is 0 Å². The molecule has 7 heteroatoms. The van der Waals surface area contributed by atoms with Crippen molar-refractivity contribution in [2.75, 3.05) is 0 Å². The second kappa shape index (κ2) is 6.12. The molecule has 0 radical (unpaired) electrons. The normalized spacial score (nSPS) is 12.6. The lowest BCUT2D eigenvalue weighted by atomic mass is 10.1. The van der Waals surface area contributed by atoms with Gasteiger partial charge in [-0.2, -0.15) is 0 Å². The number of carbonyl (C=O) groups excluding carboxylic acids is 1. The third kappa shape index (κ3) is 5.80. The first-order valence-corrected chi connectivity index (χ1v) is 5.75. The number of aromatic nitrogens is 2. The van der Waals surface area contributed by atoms with Crippen LogP contribution in [0.1, 0.15) is 26.5 Å². The van der Waals surface area contributed by atoms with Gasteiger partial charge in [-0.05, 0) is 26.8 Å². The Hall–Kier alpha value is -2.18. The van der Waals surface area contributed by atoms with Gasteiger partial charge < -0.3 is 15.2 Å². The van der Waals surface area contributed by atoms with Gasteiger partial charge in [0.2, 0.25) is 0 Å². The zero-order chi connectivity index (χ0) is 14.5. The van der Waals surface area contributed by atoms with Crippen LogP contribution < -0.4 is 5.32 Å². The van der Waals surface area contributed by atoms with E-state index in [0.717, 1.165) is 0 Å². The van der Waals surface area contributed by atoms with Gasteiger partial charge in [-0.15, -0.1) is 0 Å². The van der Waals surface area contributed by atoms with Crippen molar-refractivity contribution in [2.24, 2.45) is 0 Å². The predicted molar refractivity (Wildman–Crippen MR) is 66.5 cm³/mol. The van der Waals surface area contributed by atoms with E-state index in [1.165, 1.54) is 12.5 Å². The highest BCUT2D eigenvalue weighted by atomic mass is 16.6. The second-order valence-electron chi connectivity index (χ2n) is 4.94. The van der Waals surface area contributed by atoms with Crippen molar-refractivity contribution in [3.63, 3.8) is 0 Å². The zero-order valence-electron chi connectivity index (χ0n) is 11.1. The Balaban J connectivity index is 2.64. The number of amides is 1. The summed E-state index contributed by atoms with van der Waals surface area (Å²) >= 11 is 0. The minimum atomic E-state index is -1.15. The molecule has 0 bridgehead atoms. The molecule has 1 aromatic rings. The van der Waals surface area contributed by atoms with Crippen LogP contribution in [0.5, 0.6) is 0 Å². The van der Waals surface area contributed by atoms with Crippen LogP contribution in [-0.4, -0.2) is 38.8 Å². The Bertz CT molecular complexity index is 442. The Labute approximate surface area is 111 Å². The predicted octanol–water partition coefficient (Wildman–Crippen LogP) is 0.997. The highest BCUT2D eigenvalue weighted by molar-refractivity contribution is 5.80. The van der Waals surface area contributed by atoms with Crippen LogP contribution in [0.25, 0.3) is 0 Å². The van der Waals surface area contributed by atoms with Crippen LogP contribution in [0.2, 0.25) is 0 Å². The van der Waals surface area contributed by atoms with E-state index in [9.17, 15) is 9.59 Å². The minimum absolute atomic E-state index is 0.0666. The summed E-state index contributed by atoms with van der Waals surface area (Å²) < 4.78 is 5.01. The lowest BCUT2D eigenvalue weighted by Gasteiger charge is -2.21. The van der Waals surface area contributed by atoms with Crippen LogP contribution in [-0.2, 0) is 16.0 Å². The molecule has 0 fully saturated rings. The van der Waals surface area contributed by atoms with Gasteiger partial charge in [0.05, 0.1) is 0 Å². The summed E-state index contributed by atoms with van der Waals surface area (Å²) in [4.78, 5) is 30.3. The minimum Gasteiger partial charge on any atom is -0.480 e. The molecule has 1 rings (SSSR count). The van der Waals surface area contributed by atoms with E-state index >= 15 is 0 Å². The quantitative estimate of drug-likeness (QED) is 0.843. The third-order valence-electron chi connectivity index (χ3n) is 2.05. The van der Waals surface area contributed by atoms with E-state index in [0.29, 0.717) is 5.69 Å². The lowest BCUT2D eigenvalue weighted by Crippen LogP contribution is -2.44. The molecule has 7 nitrogen and oxygen atoms in total. The fraction of sp³-hybridized carbons (Fsp3) is 0.500. The number of hydrogen-bond acceptors (Lipinski definition) is 5. The fourth-order valence-electron chi connectivity index (χ4n) is 1.30. The van der Waals surface area contributed by atoms with Crippen molar-refractivity contribution in [3.05, 3.63) is 24.3 Å². The molecule has 1 aromatic heterocycles. The van der Waals surface area contributed by atoms with E-state index in [1.807, 2.05) is 0 Å². The van der Waals surface area contributed by atoms with Crippen molar-refractivity contribution < 1.29 is 19.4 Å². The third-order valence-corrected chi connectivity index (χ3v) is 2.05. The standard InChI is InChI=1S/C12H17N3O4/c1-12(2,3)19-11(18)15-9(10(16)17)6-8-4-5-13-7-14-8/h4-5,7,9H,6H2,1-3H3,(H,15,18)(H,16,17). The van der Waals surface area contributed by atoms with Crippen molar-refractivity contribution in [1.29, 1.82) is 0 Å². The first-order chi connectivity index (χ1) is 8.78. The van der Waals surface area contributed by atoms with Gasteiger partial charge in [0.25, 0.3) is 0 Å². The van der Waals surface area contributed by atoms with Gasteiger partial charge in [0.15, 0.2) is 0 Å². The van der Waals surface area contributed by atoms with Gasteiger partial charge in [0.1, 0.15) is 18.0 Å². The Morgan fingerprint density at radius 1 is 1.47 bits per heavy atom. The molecule has 19 heavy (non-hydrogen) atoms. The number of rotatable bonds is 4. The summed E-state index contributed by atoms with van der Waals surface area (Å²) in [5.74, 6) is -1.15. The Kier molecular flexibility index (Phi) is 4.80. The maximum atomic E-state index is 11.5. The molecule has 1 unspecified atom stereocenters. The zero-order valence-corrected chi connectivity index (χ0v) is 11.1. The van der Waals surface area contributed by atoms with Crippen LogP contribution in [0.15, 0.2) is 18.6 Å². The first kappa shape index (κ1) is 14.9. The molecule has 0 spiro atoms. The van der Waals surface area contributed by atoms with Crippen LogP contribution in [0, 0.1) is 0 Å². The van der Waals surface area contributed by atoms with Crippen LogP contribution >= 0.6 is 0 Å². The smallest absolute Gasteiger partial charge is 0.408 e. The molecular weight excluding hydrogens is 250 g/mol. The molecule has 0 aliphatic rings. The lowest BCUT2D eigenvalue weighted by molar-refractivity contribution is -0.139. The van der Waals surface area contributed by atoms with E-state index in [2.05, 4.69) is 15.3 Å². The van der Waals surface area contributed by atoms with Crippen LogP contribution in [0.4, 0.5) is 4.79 Å². The Morgan fingerprint density at radius 2 is 2.16 bits per heavy atom. The molecule has 0 saturated carbocycles. The number of aliphatic carboxylic acids is 1. The van der Waals surface area contributed by atoms with Gasteiger partial charge in [0, 0.05) is 18.3 Å². The van der Waals surface area contributed by atoms with Crippen molar-refractivity contribution in [3.8, 4) is 0 Å². The highest BCUT2D eigenvalue weighted by Crippen LogP contribution is 2.07. The number of hydrogen-bond donors (Lipinski definition) is 2. The maximum Gasteiger partial charge on any atom is 0.408 e. The average molecular weight is 267 g/mol. The summed E-state index contributed by atoms with van der Waals surface area (Å²) in [6.07, 6.45) is 2.13. The summed E-state index contributed by atoms with van der Waals surface area (Å²) in [5, 5.41) is 11.4. The largest absolute Gasteiger partial charge is 0.480 e. The molecular formula is C12H17N3O4. The average Bonchev–Trinajstić information content (AvgIpc) is 2.26. The van der Waals surface area contributed by atoms with Gasteiger partial charge >= 0.3 is 12.1 Å². The van der Waals surface area contributed by atoms with Crippen LogP contribution in [0.3, 0.4) is 0 Å². The molecule has 1 amide bonds. The number of nitrogens with one attached hydrogen (secondary N) is 1. The summed E-state index contributed by atoms with van der Waals surface area (Å²) in [6, 6.07) is 0.497. The summed E-state index contributed by atoms with van der Waals surface area (Å²) in [5.41, 5.74) is -0.152. The topological polar surface area (TPSA) is 101 Å². The highest BCUT2D eigenvalue weighted by Gasteiger charge is 2.24. The fourth-order valence-corrected chi connectivity index (χ4v) is 1.30. The van der Waals surface area contributed by atoms with Crippen molar-refractivity contribution in [2.45, 2.75) is 38.8 Å². The van der Waals surface area contributed by atoms with E-state index in [-0.39, 0.29) is 6.42 Å². The molecule has 104 valence electrons. The van der Waals surface area contributed by atoms with E-state index in [1.54, 1.807) is 26.8 Å². The number of carbonyl (C=O) groups is 2. The molecule has 2 N–H and O–H groups in total.